The second kappa shape index (κ2) is 15.9. The smallest absolute Gasteiger partial charge is 0.407 e. The summed E-state index contributed by atoms with van der Waals surface area (Å²) in [7, 11) is 2.61. The average Bonchev–Trinajstić information content (AvgIpc) is 4.06. The van der Waals surface area contributed by atoms with Crippen LogP contribution in [-0.2, 0) is 29.9 Å². The summed E-state index contributed by atoms with van der Waals surface area (Å²) in [6, 6.07) is 7.18. The number of hydrogen-bond donors (Lipinski definition) is 4. The molecule has 3 saturated carbocycles. The number of amides is 4. The van der Waals surface area contributed by atoms with Gasteiger partial charge in [-0.2, -0.15) is 0 Å². The van der Waals surface area contributed by atoms with Gasteiger partial charge in [-0.3, -0.25) is 9.59 Å². The summed E-state index contributed by atoms with van der Waals surface area (Å²) < 4.78 is 9.59. The number of carbonyl (C=O) groups excluding carboxylic acids is 4. The molecule has 3 aromatic rings. The van der Waals surface area contributed by atoms with Crippen LogP contribution in [0, 0.1) is 11.8 Å². The lowest BCUT2D eigenvalue weighted by Gasteiger charge is -2.53. The zero-order valence-corrected chi connectivity index (χ0v) is 33.7. The number of nitrogens with zero attached hydrogens (tertiary/aromatic N) is 4. The van der Waals surface area contributed by atoms with Gasteiger partial charge in [0.1, 0.15) is 23.7 Å². The number of methoxy groups -OCH3 is 2. The number of benzene rings is 1. The van der Waals surface area contributed by atoms with E-state index >= 15 is 0 Å². The molecule has 4 heterocycles. The van der Waals surface area contributed by atoms with Crippen LogP contribution in [0.2, 0.25) is 0 Å². The fraction of sp³-hybridized carbons (Fsp3) is 0.619. The fourth-order valence-corrected chi connectivity index (χ4v) is 9.85. The van der Waals surface area contributed by atoms with Gasteiger partial charge in [0, 0.05) is 30.4 Å². The molecule has 0 spiro atoms. The van der Waals surface area contributed by atoms with Crippen molar-refractivity contribution in [3.63, 3.8) is 0 Å². The van der Waals surface area contributed by atoms with Gasteiger partial charge in [-0.25, -0.2) is 19.6 Å². The minimum atomic E-state index is -0.678. The number of carbonyl (C=O) groups is 4. The van der Waals surface area contributed by atoms with Crippen molar-refractivity contribution in [2.24, 2.45) is 11.8 Å². The molecule has 2 bridgehead atoms. The molecule has 5 fully saturated rings. The number of aromatic amines is 2. The molecule has 2 saturated heterocycles. The first-order valence-corrected chi connectivity index (χ1v) is 20.4. The molecule has 14 heteroatoms. The topological polar surface area (TPSA) is 175 Å². The fourth-order valence-electron chi connectivity index (χ4n) is 9.85. The van der Waals surface area contributed by atoms with E-state index < -0.39 is 24.3 Å². The molecule has 1 aromatic carbocycles. The van der Waals surface area contributed by atoms with Gasteiger partial charge in [0.25, 0.3) is 0 Å². The van der Waals surface area contributed by atoms with Crippen LogP contribution in [0.25, 0.3) is 11.3 Å². The van der Waals surface area contributed by atoms with Crippen molar-refractivity contribution in [3.8, 4) is 11.3 Å². The molecule has 8 rings (SSSR count). The highest BCUT2D eigenvalue weighted by Crippen LogP contribution is 2.58. The van der Waals surface area contributed by atoms with Gasteiger partial charge in [-0.1, -0.05) is 45.9 Å². The minimum Gasteiger partial charge on any atom is -0.453 e. The third-order valence-corrected chi connectivity index (χ3v) is 13.3. The Labute approximate surface area is 329 Å². The normalized spacial score (nSPS) is 25.7. The highest BCUT2D eigenvalue weighted by Gasteiger charge is 2.51. The summed E-state index contributed by atoms with van der Waals surface area (Å²) in [5, 5.41) is 5.46. The number of fused-ring (bicyclic) bond motifs is 3. The second-order valence-corrected chi connectivity index (χ2v) is 17.1. The monoisotopic (exact) mass is 770 g/mol. The summed E-state index contributed by atoms with van der Waals surface area (Å²) in [4.78, 5) is 72.1. The maximum atomic E-state index is 13.7. The Kier molecular flexibility index (Phi) is 11.2. The van der Waals surface area contributed by atoms with Crippen LogP contribution >= 0.6 is 0 Å². The first-order chi connectivity index (χ1) is 26.9. The SMILES string of the molecule is COC(=O)NC(C(=O)N1CCCC1c1ncc(C23CCC(c4cccc(-c5cnc([C@@H]6CCCN6C(=O)[C@@H](NC(=O)OC)C(C)C)[nH]5)c4)(CC2)CC3)[nH]1)C(C)C. The number of nitrogens with one attached hydrogen (secondary N) is 4. The molecule has 0 radical (unpaired) electrons. The summed E-state index contributed by atoms with van der Waals surface area (Å²) in [6.45, 7) is 8.93. The molecule has 5 aliphatic rings. The van der Waals surface area contributed by atoms with E-state index in [2.05, 4.69) is 44.9 Å². The molecule has 302 valence electrons. The lowest BCUT2D eigenvalue weighted by Crippen LogP contribution is -2.51. The predicted octanol–water partition coefficient (Wildman–Crippen LogP) is 6.43. The van der Waals surface area contributed by atoms with Crippen LogP contribution in [0.5, 0.6) is 0 Å². The maximum Gasteiger partial charge on any atom is 0.407 e. The molecule has 2 unspecified atom stereocenters. The van der Waals surface area contributed by atoms with Crippen LogP contribution in [0.4, 0.5) is 9.59 Å². The van der Waals surface area contributed by atoms with Crippen molar-refractivity contribution in [3.05, 3.63) is 59.6 Å². The van der Waals surface area contributed by atoms with Crippen LogP contribution in [-0.4, -0.2) is 93.1 Å². The van der Waals surface area contributed by atoms with Crippen molar-refractivity contribution in [1.29, 1.82) is 0 Å². The van der Waals surface area contributed by atoms with Crippen LogP contribution in [0.1, 0.15) is 127 Å². The predicted molar refractivity (Wildman–Crippen MR) is 209 cm³/mol. The third-order valence-electron chi connectivity index (χ3n) is 13.3. The zero-order valence-electron chi connectivity index (χ0n) is 33.7. The van der Waals surface area contributed by atoms with Crippen LogP contribution < -0.4 is 10.6 Å². The Balaban J connectivity index is 1.02. The largest absolute Gasteiger partial charge is 0.453 e. The Morgan fingerprint density at radius 2 is 1.23 bits per heavy atom. The summed E-state index contributed by atoms with van der Waals surface area (Å²) in [6.07, 6.45) is 12.5. The van der Waals surface area contributed by atoms with Crippen molar-refractivity contribution >= 4 is 24.0 Å². The van der Waals surface area contributed by atoms with E-state index in [0.29, 0.717) is 13.1 Å². The van der Waals surface area contributed by atoms with Crippen molar-refractivity contribution in [2.45, 2.75) is 127 Å². The molecule has 2 aromatic heterocycles. The molecular formula is C42H58N8O6. The van der Waals surface area contributed by atoms with Crippen LogP contribution in [0.3, 0.4) is 0 Å². The van der Waals surface area contributed by atoms with Gasteiger partial charge >= 0.3 is 12.2 Å². The highest BCUT2D eigenvalue weighted by molar-refractivity contribution is 5.87. The zero-order chi connectivity index (χ0) is 39.8. The Bertz CT molecular complexity index is 1890. The van der Waals surface area contributed by atoms with E-state index in [-0.39, 0.29) is 46.6 Å². The Hall–Kier alpha value is -4.88. The van der Waals surface area contributed by atoms with Crippen molar-refractivity contribution in [1.82, 2.24) is 40.4 Å². The number of hydrogen-bond acceptors (Lipinski definition) is 8. The van der Waals surface area contributed by atoms with Gasteiger partial charge in [0.05, 0.1) is 38.2 Å². The first kappa shape index (κ1) is 39.4. The molecule has 3 aliphatic carbocycles. The van der Waals surface area contributed by atoms with Crippen molar-refractivity contribution < 1.29 is 28.7 Å². The van der Waals surface area contributed by atoms with E-state index in [9.17, 15) is 19.2 Å². The molecule has 56 heavy (non-hydrogen) atoms. The maximum absolute atomic E-state index is 13.7. The van der Waals surface area contributed by atoms with Crippen molar-refractivity contribution in [2.75, 3.05) is 27.3 Å². The number of ether oxygens (including phenoxy) is 2. The van der Waals surface area contributed by atoms with E-state index in [1.54, 1.807) is 0 Å². The number of aromatic nitrogens is 4. The molecule has 4 atom stereocenters. The average molecular weight is 771 g/mol. The number of H-pyrrole nitrogens is 2. The van der Waals surface area contributed by atoms with Gasteiger partial charge in [-0.05, 0) is 98.7 Å². The highest BCUT2D eigenvalue weighted by atomic mass is 16.5. The van der Waals surface area contributed by atoms with E-state index in [1.165, 1.54) is 25.5 Å². The number of alkyl carbamates (subject to hydrolysis) is 2. The minimum absolute atomic E-state index is 0.0365. The molecule has 2 aliphatic heterocycles. The third kappa shape index (κ3) is 7.38. The number of imidazole rings is 2. The van der Waals surface area contributed by atoms with E-state index in [1.807, 2.05) is 49.9 Å². The summed E-state index contributed by atoms with van der Waals surface area (Å²) in [5.41, 5.74) is 4.68. The first-order valence-electron chi connectivity index (χ1n) is 20.4. The molecule has 14 nitrogen and oxygen atoms in total. The lowest BCUT2D eigenvalue weighted by atomic mass is 9.51. The number of likely N-dealkylation sites (tertiary alicyclic amines) is 2. The molecule has 4 amide bonds. The Morgan fingerprint density at radius 1 is 0.732 bits per heavy atom. The molecular weight excluding hydrogens is 713 g/mol. The van der Waals surface area contributed by atoms with Gasteiger partial charge < -0.3 is 39.9 Å². The van der Waals surface area contributed by atoms with E-state index in [4.69, 9.17) is 19.4 Å². The quantitative estimate of drug-likeness (QED) is 0.173. The van der Waals surface area contributed by atoms with Gasteiger partial charge in [-0.15, -0.1) is 0 Å². The number of rotatable bonds is 11. The summed E-state index contributed by atoms with van der Waals surface area (Å²) >= 11 is 0. The van der Waals surface area contributed by atoms with Gasteiger partial charge in [0.2, 0.25) is 11.8 Å². The van der Waals surface area contributed by atoms with E-state index in [0.717, 1.165) is 87.1 Å². The Morgan fingerprint density at radius 3 is 1.75 bits per heavy atom. The second-order valence-electron chi connectivity index (χ2n) is 17.1. The summed E-state index contributed by atoms with van der Waals surface area (Å²) in [5.74, 6) is 1.19. The molecule has 4 N–H and O–H groups in total. The van der Waals surface area contributed by atoms with Gasteiger partial charge in [0.15, 0.2) is 0 Å². The standard InChI is InChI=1S/C42H58N8O6/c1-25(2)33(47-39(53)55-5)37(51)49-20-8-12-30(49)35-43-23-29(45-35)27-10-7-11-28(22-27)41-14-17-42(18-15-41,19-16-41)32-24-44-36(46-32)31-13-9-21-50(31)38(52)34(26(3)4)48-40(54)56-6/h7,10-11,22-26,30-31,33-34H,8-9,12-21H2,1-6H3,(H,43,45)(H,44,46)(H,47,53)(H,48,54)/t30-,31?,33-,34?,41?,42?/m0/s1. The lowest BCUT2D eigenvalue weighted by molar-refractivity contribution is -0.136. The van der Waals surface area contributed by atoms with Crippen LogP contribution in [0.15, 0.2) is 36.7 Å².